The second-order valence-corrected chi connectivity index (χ2v) is 7.31. The molecule has 20 heavy (non-hydrogen) atoms. The van der Waals surface area contributed by atoms with Crippen LogP contribution in [0.25, 0.3) is 0 Å². The third-order valence-corrected chi connectivity index (χ3v) is 5.21. The quantitative estimate of drug-likeness (QED) is 0.684. The molecule has 0 unspecified atom stereocenters. The first-order valence-corrected chi connectivity index (χ1v) is 9.67. The average molecular weight is 316 g/mol. The topological polar surface area (TPSA) is 58.2 Å². The Hall–Kier alpha value is -0.560. The maximum Gasteiger partial charge on any atom is 0.240 e. The molecule has 0 saturated carbocycles. The minimum absolute atomic E-state index is 0.351. The molecule has 2 N–H and O–H groups in total. The Balaban J connectivity index is 2.86. The number of sulfonamides is 1. The highest BCUT2D eigenvalue weighted by molar-refractivity contribution is 7.98. The molecule has 1 aromatic carbocycles. The van der Waals surface area contributed by atoms with Gasteiger partial charge in [-0.05, 0) is 55.2 Å². The maximum absolute atomic E-state index is 12.2. The fraction of sp³-hybridized carbons (Fsp3) is 0.571. The third-order valence-electron chi connectivity index (χ3n) is 3.05. The van der Waals surface area contributed by atoms with E-state index >= 15 is 0 Å². The van der Waals surface area contributed by atoms with Crippen LogP contribution in [0.4, 0.5) is 0 Å². The van der Waals surface area contributed by atoms with Gasteiger partial charge in [-0.15, -0.1) is 0 Å². The molecule has 0 aliphatic carbocycles. The highest BCUT2D eigenvalue weighted by atomic mass is 32.2. The average Bonchev–Trinajstić information content (AvgIpc) is 2.44. The van der Waals surface area contributed by atoms with Gasteiger partial charge >= 0.3 is 0 Å². The van der Waals surface area contributed by atoms with E-state index in [-0.39, 0.29) is 0 Å². The Labute approximate surface area is 126 Å². The molecule has 0 fully saturated rings. The predicted octanol–water partition coefficient (Wildman–Crippen LogP) is 2.00. The van der Waals surface area contributed by atoms with Crippen LogP contribution in [0.3, 0.4) is 0 Å². The molecule has 0 aromatic heterocycles. The van der Waals surface area contributed by atoms with Gasteiger partial charge in [0.05, 0.1) is 4.90 Å². The van der Waals surface area contributed by atoms with E-state index < -0.39 is 10.0 Å². The second-order valence-electron chi connectivity index (χ2n) is 4.56. The van der Waals surface area contributed by atoms with E-state index in [0.717, 1.165) is 24.2 Å². The lowest BCUT2D eigenvalue weighted by Crippen LogP contribution is -2.25. The lowest BCUT2D eigenvalue weighted by atomic mass is 10.1. The number of rotatable bonds is 9. The van der Waals surface area contributed by atoms with E-state index in [2.05, 4.69) is 17.0 Å². The summed E-state index contributed by atoms with van der Waals surface area (Å²) in [4.78, 5) is 0.351. The SMILES string of the molecule is CCc1ccc(S(=O)(=O)NCCCSC)cc1CNC. The van der Waals surface area contributed by atoms with E-state index in [1.165, 1.54) is 5.56 Å². The van der Waals surface area contributed by atoms with Crippen molar-refractivity contribution in [3.05, 3.63) is 29.3 Å². The highest BCUT2D eigenvalue weighted by Crippen LogP contribution is 2.17. The van der Waals surface area contributed by atoms with Crippen LogP contribution in [-0.4, -0.2) is 34.0 Å². The van der Waals surface area contributed by atoms with Crippen molar-refractivity contribution in [3.8, 4) is 0 Å². The van der Waals surface area contributed by atoms with Gasteiger partial charge in [-0.25, -0.2) is 13.1 Å². The summed E-state index contributed by atoms with van der Waals surface area (Å²) in [6.45, 7) is 3.24. The summed E-state index contributed by atoms with van der Waals surface area (Å²) in [7, 11) is -1.53. The minimum Gasteiger partial charge on any atom is -0.316 e. The summed E-state index contributed by atoms with van der Waals surface area (Å²) in [5, 5.41) is 3.08. The van der Waals surface area contributed by atoms with Crippen molar-refractivity contribution in [1.29, 1.82) is 0 Å². The third kappa shape index (κ3) is 5.09. The molecular formula is C14H24N2O2S2. The first-order valence-electron chi connectivity index (χ1n) is 6.80. The molecule has 1 rings (SSSR count). The van der Waals surface area contributed by atoms with Gasteiger partial charge in [0.1, 0.15) is 0 Å². The Kier molecular flexibility index (Phi) is 7.58. The molecule has 0 atom stereocenters. The van der Waals surface area contributed by atoms with Crippen LogP contribution in [0, 0.1) is 0 Å². The zero-order valence-electron chi connectivity index (χ0n) is 12.4. The van der Waals surface area contributed by atoms with Crippen molar-refractivity contribution in [2.24, 2.45) is 0 Å². The smallest absolute Gasteiger partial charge is 0.240 e. The van der Waals surface area contributed by atoms with Crippen LogP contribution in [0.2, 0.25) is 0 Å². The van der Waals surface area contributed by atoms with Crippen LogP contribution in [0.5, 0.6) is 0 Å². The van der Waals surface area contributed by atoms with Crippen LogP contribution in [0.15, 0.2) is 23.1 Å². The van der Waals surface area contributed by atoms with Gasteiger partial charge < -0.3 is 5.32 Å². The number of benzene rings is 1. The van der Waals surface area contributed by atoms with Crippen LogP contribution in [-0.2, 0) is 23.0 Å². The lowest BCUT2D eigenvalue weighted by Gasteiger charge is -2.11. The van der Waals surface area contributed by atoms with E-state index in [9.17, 15) is 8.42 Å². The van der Waals surface area contributed by atoms with Crippen LogP contribution in [0.1, 0.15) is 24.5 Å². The number of thioether (sulfide) groups is 1. The molecule has 1 aromatic rings. The molecule has 0 heterocycles. The Bertz CT molecular complexity index is 516. The summed E-state index contributed by atoms with van der Waals surface area (Å²) < 4.78 is 27.1. The van der Waals surface area contributed by atoms with Gasteiger partial charge in [-0.3, -0.25) is 0 Å². The van der Waals surface area contributed by atoms with Gasteiger partial charge in [0.15, 0.2) is 0 Å². The largest absolute Gasteiger partial charge is 0.316 e. The standard InChI is InChI=1S/C14H24N2O2S2/c1-4-12-6-7-14(10-13(12)11-15-2)20(17,18)16-8-5-9-19-3/h6-7,10,15-16H,4-5,8-9,11H2,1-3H3. The monoisotopic (exact) mass is 316 g/mol. The van der Waals surface area contributed by atoms with E-state index in [4.69, 9.17) is 0 Å². The molecule has 0 radical (unpaired) electrons. The van der Waals surface area contributed by atoms with E-state index in [1.807, 2.05) is 19.4 Å². The molecule has 0 saturated heterocycles. The normalized spacial score (nSPS) is 11.8. The van der Waals surface area contributed by atoms with Crippen LogP contribution >= 0.6 is 11.8 Å². The van der Waals surface area contributed by atoms with Crippen LogP contribution < -0.4 is 10.0 Å². The Morgan fingerprint density at radius 2 is 2.00 bits per heavy atom. The summed E-state index contributed by atoms with van der Waals surface area (Å²) in [5.41, 5.74) is 2.22. The van der Waals surface area contributed by atoms with Gasteiger partial charge in [-0.1, -0.05) is 13.0 Å². The number of nitrogens with one attached hydrogen (secondary N) is 2. The van der Waals surface area contributed by atoms with Crippen molar-refractivity contribution < 1.29 is 8.42 Å². The number of aryl methyl sites for hydroxylation is 1. The fourth-order valence-electron chi connectivity index (χ4n) is 1.98. The zero-order valence-corrected chi connectivity index (χ0v) is 14.0. The summed E-state index contributed by atoms with van der Waals surface area (Å²) >= 11 is 1.72. The van der Waals surface area contributed by atoms with Crippen molar-refractivity contribution in [1.82, 2.24) is 10.0 Å². The molecule has 6 heteroatoms. The van der Waals surface area contributed by atoms with Gasteiger partial charge in [0, 0.05) is 13.1 Å². The number of hydrogen-bond donors (Lipinski definition) is 2. The minimum atomic E-state index is -3.39. The van der Waals surface area contributed by atoms with Gasteiger partial charge in [0.25, 0.3) is 0 Å². The molecule has 0 aliphatic rings. The first kappa shape index (κ1) is 17.5. The van der Waals surface area contributed by atoms with Crippen molar-refractivity contribution >= 4 is 21.8 Å². The summed E-state index contributed by atoms with van der Waals surface area (Å²) in [6, 6.07) is 5.37. The molecule has 114 valence electrons. The van der Waals surface area contributed by atoms with Crippen molar-refractivity contribution in [2.75, 3.05) is 25.6 Å². The summed E-state index contributed by atoms with van der Waals surface area (Å²) in [5.74, 6) is 0.961. The number of hydrogen-bond acceptors (Lipinski definition) is 4. The molecule has 0 bridgehead atoms. The summed E-state index contributed by atoms with van der Waals surface area (Å²) in [6.07, 6.45) is 3.76. The molecule has 4 nitrogen and oxygen atoms in total. The lowest BCUT2D eigenvalue weighted by molar-refractivity contribution is 0.580. The molecular weight excluding hydrogens is 292 g/mol. The Morgan fingerprint density at radius 1 is 1.25 bits per heavy atom. The van der Waals surface area contributed by atoms with Crippen molar-refractivity contribution in [2.45, 2.75) is 31.2 Å². The molecule has 0 aliphatic heterocycles. The maximum atomic E-state index is 12.2. The van der Waals surface area contributed by atoms with Gasteiger partial charge in [-0.2, -0.15) is 11.8 Å². The zero-order chi connectivity index (χ0) is 15.0. The first-order chi connectivity index (χ1) is 9.55. The van der Waals surface area contributed by atoms with Crippen molar-refractivity contribution in [3.63, 3.8) is 0 Å². The molecule has 0 amide bonds. The Morgan fingerprint density at radius 3 is 2.60 bits per heavy atom. The molecule has 0 spiro atoms. The predicted molar refractivity (Wildman–Crippen MR) is 86.8 cm³/mol. The highest BCUT2D eigenvalue weighted by Gasteiger charge is 2.14. The second kappa shape index (κ2) is 8.67. The van der Waals surface area contributed by atoms with E-state index in [0.29, 0.717) is 18.0 Å². The fourth-order valence-corrected chi connectivity index (χ4v) is 3.53. The van der Waals surface area contributed by atoms with E-state index in [1.54, 1.807) is 23.9 Å². The van der Waals surface area contributed by atoms with Gasteiger partial charge in [0.2, 0.25) is 10.0 Å².